The van der Waals surface area contributed by atoms with Gasteiger partial charge in [0, 0.05) is 11.1 Å². The zero-order valence-electron chi connectivity index (χ0n) is 18.1. The van der Waals surface area contributed by atoms with Crippen molar-refractivity contribution in [1.82, 2.24) is 9.97 Å². The number of amides is 1. The van der Waals surface area contributed by atoms with E-state index in [0.29, 0.717) is 21.1 Å². The van der Waals surface area contributed by atoms with Gasteiger partial charge in [0.15, 0.2) is 0 Å². The molecule has 1 aromatic heterocycles. The van der Waals surface area contributed by atoms with Gasteiger partial charge in [0.2, 0.25) is 5.91 Å². The number of carbonyl (C=O) groups excluding carboxylic acids is 1. The third kappa shape index (κ3) is 2.52. The van der Waals surface area contributed by atoms with E-state index in [1.54, 1.807) is 12.1 Å². The highest BCUT2D eigenvalue weighted by Crippen LogP contribution is 2.70. The van der Waals surface area contributed by atoms with Gasteiger partial charge in [-0.25, -0.2) is 9.97 Å². The minimum atomic E-state index is -0.759. The number of halogens is 2. The van der Waals surface area contributed by atoms with Gasteiger partial charge in [-0.05, 0) is 48.4 Å². The number of hydrogen-bond acceptors (Lipinski definition) is 3. The van der Waals surface area contributed by atoms with E-state index in [2.05, 4.69) is 39.1 Å². The van der Waals surface area contributed by atoms with Crippen LogP contribution in [0.15, 0.2) is 36.4 Å². The number of aromatic nitrogens is 2. The molecule has 1 saturated carbocycles. The van der Waals surface area contributed by atoms with Crippen LogP contribution in [-0.2, 0) is 22.0 Å². The number of nitrogens with one attached hydrogen (secondary N) is 1. The molecule has 0 radical (unpaired) electrons. The van der Waals surface area contributed by atoms with Crippen molar-refractivity contribution in [2.45, 2.75) is 57.8 Å². The molecule has 6 heteroatoms. The number of fused-ring (bicyclic) bond motifs is 6. The average molecular weight is 454 g/mol. The van der Waals surface area contributed by atoms with Crippen molar-refractivity contribution < 1.29 is 4.79 Å². The van der Waals surface area contributed by atoms with Gasteiger partial charge in [-0.2, -0.15) is 0 Å². The maximum atomic E-state index is 14.0. The molecule has 2 aliphatic rings. The predicted octanol–water partition coefficient (Wildman–Crippen LogP) is 6.47. The van der Waals surface area contributed by atoms with Crippen LogP contribution >= 0.6 is 23.2 Å². The van der Waals surface area contributed by atoms with Gasteiger partial charge in [-0.1, -0.05) is 69.1 Å². The van der Waals surface area contributed by atoms with E-state index in [9.17, 15) is 4.79 Å². The van der Waals surface area contributed by atoms with Crippen LogP contribution in [0.5, 0.6) is 0 Å². The summed E-state index contributed by atoms with van der Waals surface area (Å²) in [6, 6.07) is 11.5. The van der Waals surface area contributed by atoms with E-state index in [-0.39, 0.29) is 16.7 Å². The molecule has 5 rings (SSSR count). The number of para-hydroxylation sites is 1. The van der Waals surface area contributed by atoms with E-state index in [1.165, 1.54) is 0 Å². The first-order chi connectivity index (χ1) is 14.7. The second-order valence-corrected chi connectivity index (χ2v) is 10.3. The molecule has 4 nitrogen and oxygen atoms in total. The molecular formula is C25H25Cl2N3O. The van der Waals surface area contributed by atoms with E-state index in [4.69, 9.17) is 33.2 Å². The number of carbonyl (C=O) groups is 1. The molecule has 2 aromatic carbocycles. The number of rotatable bonds is 3. The molecule has 0 saturated heterocycles. The summed E-state index contributed by atoms with van der Waals surface area (Å²) in [5.41, 5.74) is 3.70. The molecule has 1 amide bonds. The fourth-order valence-electron chi connectivity index (χ4n) is 5.78. The molecular weight excluding hydrogens is 429 g/mol. The van der Waals surface area contributed by atoms with Crippen molar-refractivity contribution in [2.75, 3.05) is 5.32 Å². The molecule has 2 unspecified atom stereocenters. The van der Waals surface area contributed by atoms with E-state index >= 15 is 0 Å². The van der Waals surface area contributed by atoms with Gasteiger partial charge < -0.3 is 5.32 Å². The summed E-state index contributed by atoms with van der Waals surface area (Å²) in [6.07, 6.45) is 2.48. The van der Waals surface area contributed by atoms with Crippen LogP contribution in [-0.4, -0.2) is 15.9 Å². The molecule has 2 aliphatic carbocycles. The van der Waals surface area contributed by atoms with Gasteiger partial charge in [-0.3, -0.25) is 4.79 Å². The lowest BCUT2D eigenvalue weighted by Crippen LogP contribution is -2.48. The normalized spacial score (nSPS) is 25.6. The Morgan fingerprint density at radius 2 is 1.61 bits per heavy atom. The first-order valence-electron chi connectivity index (χ1n) is 10.7. The molecule has 31 heavy (non-hydrogen) atoms. The van der Waals surface area contributed by atoms with Gasteiger partial charge in [-0.15, -0.1) is 0 Å². The first kappa shape index (κ1) is 20.7. The van der Waals surface area contributed by atoms with E-state index in [0.717, 1.165) is 41.9 Å². The summed E-state index contributed by atoms with van der Waals surface area (Å²) < 4.78 is 0. The molecule has 1 heterocycles. The summed E-state index contributed by atoms with van der Waals surface area (Å²) in [4.78, 5) is 24.0. The third-order valence-corrected chi connectivity index (χ3v) is 8.84. The Morgan fingerprint density at radius 3 is 2.26 bits per heavy atom. The second-order valence-electron chi connectivity index (χ2n) is 9.50. The highest BCUT2D eigenvalue weighted by atomic mass is 35.5. The van der Waals surface area contributed by atoms with Gasteiger partial charge in [0.25, 0.3) is 0 Å². The van der Waals surface area contributed by atoms with Crippen molar-refractivity contribution in [1.29, 1.82) is 0 Å². The molecule has 1 fully saturated rings. The van der Waals surface area contributed by atoms with Crippen LogP contribution in [0.25, 0.3) is 11.0 Å². The molecule has 1 N–H and O–H groups in total. The van der Waals surface area contributed by atoms with Crippen LogP contribution in [0.2, 0.25) is 10.0 Å². The lowest BCUT2D eigenvalue weighted by atomic mass is 9.63. The van der Waals surface area contributed by atoms with Crippen LogP contribution in [0, 0.1) is 5.41 Å². The maximum Gasteiger partial charge on any atom is 0.237 e. The van der Waals surface area contributed by atoms with Crippen molar-refractivity contribution in [3.05, 3.63) is 63.4 Å². The Morgan fingerprint density at radius 1 is 1.00 bits per heavy atom. The number of aryl methyl sites for hydroxylation is 1. The standard InChI is InChI=1S/C25H25Cl2N3O/c1-5-14-8-6-7-9-17(14)30-22(31)25-11-10-24(4,23(25,2)3)20-21(25)29-19-13-16(27)15(26)12-18(19)28-20/h6-9,12-13H,5,10-11H2,1-4H3,(H,30,31). The summed E-state index contributed by atoms with van der Waals surface area (Å²) in [6.45, 7) is 8.67. The largest absolute Gasteiger partial charge is 0.325 e. The fourth-order valence-corrected chi connectivity index (χ4v) is 6.10. The van der Waals surface area contributed by atoms with Crippen molar-refractivity contribution in [3.63, 3.8) is 0 Å². The molecule has 0 spiro atoms. The monoisotopic (exact) mass is 453 g/mol. The van der Waals surface area contributed by atoms with Crippen LogP contribution in [0.1, 0.15) is 57.5 Å². The summed E-state index contributed by atoms with van der Waals surface area (Å²) in [5.74, 6) is -0.00501. The summed E-state index contributed by atoms with van der Waals surface area (Å²) in [7, 11) is 0. The Balaban J connectivity index is 1.71. The predicted molar refractivity (Wildman–Crippen MR) is 126 cm³/mol. The third-order valence-electron chi connectivity index (χ3n) is 8.11. The molecule has 0 aliphatic heterocycles. The molecule has 2 bridgehead atoms. The Bertz CT molecular complexity index is 1250. The maximum absolute atomic E-state index is 14.0. The number of benzene rings is 2. The van der Waals surface area contributed by atoms with Crippen molar-refractivity contribution >= 4 is 45.8 Å². The van der Waals surface area contributed by atoms with Gasteiger partial charge in [0.1, 0.15) is 0 Å². The highest BCUT2D eigenvalue weighted by Gasteiger charge is 2.73. The number of nitrogens with zero attached hydrogens (tertiary/aromatic N) is 2. The Labute approximate surface area is 192 Å². The van der Waals surface area contributed by atoms with Crippen molar-refractivity contribution in [2.24, 2.45) is 5.41 Å². The second kappa shape index (κ2) is 6.66. The summed E-state index contributed by atoms with van der Waals surface area (Å²) in [5, 5.41) is 4.15. The molecule has 3 aromatic rings. The zero-order chi connectivity index (χ0) is 22.2. The lowest BCUT2D eigenvalue weighted by Gasteiger charge is -2.39. The zero-order valence-corrected chi connectivity index (χ0v) is 19.7. The average Bonchev–Trinajstić information content (AvgIpc) is 3.03. The van der Waals surface area contributed by atoms with E-state index < -0.39 is 5.41 Å². The van der Waals surface area contributed by atoms with Crippen LogP contribution < -0.4 is 5.32 Å². The van der Waals surface area contributed by atoms with Gasteiger partial charge >= 0.3 is 0 Å². The topological polar surface area (TPSA) is 54.9 Å². The SMILES string of the molecule is CCc1ccccc1NC(=O)C12CCC(C)(c3nc4cc(Cl)c(Cl)cc4nc31)C2(C)C. The smallest absolute Gasteiger partial charge is 0.237 e. The highest BCUT2D eigenvalue weighted by molar-refractivity contribution is 6.42. The molecule has 2 atom stereocenters. The summed E-state index contributed by atoms with van der Waals surface area (Å²) >= 11 is 12.5. The number of anilines is 1. The van der Waals surface area contributed by atoms with E-state index in [1.807, 2.05) is 18.2 Å². The van der Waals surface area contributed by atoms with Crippen LogP contribution in [0.3, 0.4) is 0 Å². The van der Waals surface area contributed by atoms with Crippen LogP contribution in [0.4, 0.5) is 5.69 Å². The van der Waals surface area contributed by atoms with Crippen molar-refractivity contribution in [3.8, 4) is 0 Å². The molecule has 160 valence electrons. The minimum Gasteiger partial charge on any atom is -0.325 e. The Kier molecular flexibility index (Phi) is 4.45. The quantitative estimate of drug-likeness (QED) is 0.494. The number of hydrogen-bond donors (Lipinski definition) is 1. The fraction of sp³-hybridized carbons (Fsp3) is 0.400. The lowest BCUT2D eigenvalue weighted by molar-refractivity contribution is -0.125. The minimum absolute atomic E-state index is 0.00501. The van der Waals surface area contributed by atoms with Gasteiger partial charge in [0.05, 0.1) is 37.9 Å². The first-order valence-corrected chi connectivity index (χ1v) is 11.5. The Hall–Kier alpha value is -2.17.